The van der Waals surface area contributed by atoms with Gasteiger partial charge >= 0.3 is 0 Å². The average molecular weight is 402 g/mol. The molecule has 2 aliphatic rings. The van der Waals surface area contributed by atoms with E-state index in [1.54, 1.807) is 0 Å². The number of amides is 2. The number of rotatable bonds is 5. The molecule has 30 heavy (non-hydrogen) atoms. The van der Waals surface area contributed by atoms with Crippen LogP contribution in [-0.4, -0.2) is 29.3 Å². The number of para-hydroxylation sites is 1. The first kappa shape index (κ1) is 18.9. The lowest BCUT2D eigenvalue weighted by molar-refractivity contribution is -0.130. The molecule has 1 aromatic heterocycles. The van der Waals surface area contributed by atoms with Crippen LogP contribution in [0.4, 0.5) is 0 Å². The van der Waals surface area contributed by atoms with Crippen LogP contribution < -0.4 is 5.32 Å². The molecule has 1 aliphatic carbocycles. The molecular weight excluding hydrogens is 376 g/mol. The molecule has 1 N–H and O–H groups in total. The van der Waals surface area contributed by atoms with E-state index in [4.69, 9.17) is 4.42 Å². The fourth-order valence-corrected chi connectivity index (χ4v) is 4.85. The van der Waals surface area contributed by atoms with Gasteiger partial charge in [-0.3, -0.25) is 9.59 Å². The van der Waals surface area contributed by atoms with Crippen molar-refractivity contribution in [3.63, 3.8) is 0 Å². The number of nitrogens with one attached hydrogen (secondary N) is 1. The van der Waals surface area contributed by atoms with Gasteiger partial charge in [-0.1, -0.05) is 61.4 Å². The lowest BCUT2D eigenvalue weighted by atomic mass is 10.0. The Balaban J connectivity index is 1.38. The molecule has 2 heterocycles. The molecule has 2 fully saturated rings. The van der Waals surface area contributed by atoms with E-state index >= 15 is 0 Å². The maximum absolute atomic E-state index is 13.2. The Morgan fingerprint density at radius 3 is 2.53 bits per heavy atom. The van der Waals surface area contributed by atoms with Crippen LogP contribution in [0.15, 0.2) is 65.1 Å². The van der Waals surface area contributed by atoms with Crippen molar-refractivity contribution in [3.8, 4) is 0 Å². The highest BCUT2D eigenvalue weighted by Crippen LogP contribution is 2.32. The standard InChI is InChI=1S/C25H26N2O3/c28-23-15-19(16-27(23)20-11-5-6-12-20)25(29)26-24(17-8-2-1-3-9-17)22-14-18-10-4-7-13-21(18)30-22/h1-4,7-10,13-14,19-20,24H,5-6,11-12,15-16H2,(H,26,29). The minimum absolute atomic E-state index is 0.0850. The lowest BCUT2D eigenvalue weighted by Gasteiger charge is -2.24. The van der Waals surface area contributed by atoms with Crippen molar-refractivity contribution in [1.82, 2.24) is 10.2 Å². The van der Waals surface area contributed by atoms with Crippen molar-refractivity contribution >= 4 is 22.8 Å². The Morgan fingerprint density at radius 2 is 1.77 bits per heavy atom. The number of fused-ring (bicyclic) bond motifs is 1. The third-order valence-corrected chi connectivity index (χ3v) is 6.44. The van der Waals surface area contributed by atoms with Crippen molar-refractivity contribution in [2.24, 2.45) is 5.92 Å². The number of nitrogens with zero attached hydrogens (tertiary/aromatic N) is 1. The van der Waals surface area contributed by atoms with Gasteiger partial charge in [0.25, 0.3) is 0 Å². The average Bonchev–Trinajstić information content (AvgIpc) is 3.51. The van der Waals surface area contributed by atoms with Gasteiger partial charge in [-0.2, -0.15) is 0 Å². The van der Waals surface area contributed by atoms with Crippen molar-refractivity contribution in [2.75, 3.05) is 6.54 Å². The first-order chi connectivity index (χ1) is 14.7. The zero-order valence-electron chi connectivity index (χ0n) is 16.9. The number of hydrogen-bond acceptors (Lipinski definition) is 3. The maximum atomic E-state index is 13.2. The van der Waals surface area contributed by atoms with E-state index in [0.717, 1.165) is 29.4 Å². The summed E-state index contributed by atoms with van der Waals surface area (Å²) in [6.45, 7) is 0.525. The summed E-state index contributed by atoms with van der Waals surface area (Å²) in [4.78, 5) is 27.7. The van der Waals surface area contributed by atoms with Gasteiger partial charge in [0.2, 0.25) is 11.8 Å². The summed E-state index contributed by atoms with van der Waals surface area (Å²) in [6, 6.07) is 19.6. The molecule has 3 aromatic rings. The van der Waals surface area contributed by atoms with E-state index in [2.05, 4.69) is 5.32 Å². The van der Waals surface area contributed by atoms with Crippen LogP contribution >= 0.6 is 0 Å². The molecule has 0 radical (unpaired) electrons. The maximum Gasteiger partial charge on any atom is 0.226 e. The summed E-state index contributed by atoms with van der Waals surface area (Å²) in [5, 5.41) is 4.18. The SMILES string of the molecule is O=C(NC(c1ccccc1)c1cc2ccccc2o1)C1CC(=O)N(C2CCCC2)C1. The Hall–Kier alpha value is -3.08. The van der Waals surface area contributed by atoms with Gasteiger partial charge in [0.1, 0.15) is 17.4 Å². The predicted molar refractivity (Wildman–Crippen MR) is 115 cm³/mol. The van der Waals surface area contributed by atoms with Crippen LogP contribution in [0.25, 0.3) is 11.0 Å². The van der Waals surface area contributed by atoms with Crippen LogP contribution in [-0.2, 0) is 9.59 Å². The lowest BCUT2D eigenvalue weighted by Crippen LogP contribution is -2.38. The van der Waals surface area contributed by atoms with E-state index in [-0.39, 0.29) is 23.8 Å². The van der Waals surface area contributed by atoms with E-state index in [0.29, 0.717) is 24.8 Å². The fourth-order valence-electron chi connectivity index (χ4n) is 4.85. The van der Waals surface area contributed by atoms with Gasteiger partial charge in [-0.15, -0.1) is 0 Å². The van der Waals surface area contributed by atoms with Gasteiger partial charge in [-0.25, -0.2) is 0 Å². The van der Waals surface area contributed by atoms with Crippen LogP contribution in [0.5, 0.6) is 0 Å². The van der Waals surface area contributed by atoms with Crippen molar-refractivity contribution in [2.45, 2.75) is 44.2 Å². The zero-order chi connectivity index (χ0) is 20.5. The number of hydrogen-bond donors (Lipinski definition) is 1. The highest BCUT2D eigenvalue weighted by Gasteiger charge is 2.39. The molecule has 1 aliphatic heterocycles. The molecular formula is C25H26N2O3. The summed E-state index contributed by atoms with van der Waals surface area (Å²) in [7, 11) is 0. The van der Waals surface area contributed by atoms with Crippen LogP contribution in [0, 0.1) is 5.92 Å². The van der Waals surface area contributed by atoms with Crippen LogP contribution in [0.1, 0.15) is 49.5 Å². The fraction of sp³-hybridized carbons (Fsp3) is 0.360. The molecule has 154 valence electrons. The summed E-state index contributed by atoms with van der Waals surface area (Å²) < 4.78 is 6.08. The molecule has 1 saturated carbocycles. The van der Waals surface area contributed by atoms with Gasteiger partial charge in [0, 0.05) is 24.4 Å². The van der Waals surface area contributed by atoms with Crippen molar-refractivity contribution < 1.29 is 14.0 Å². The molecule has 0 bridgehead atoms. The van der Waals surface area contributed by atoms with E-state index in [1.807, 2.05) is 65.6 Å². The number of benzene rings is 2. The molecule has 1 saturated heterocycles. The number of carbonyl (C=O) groups is 2. The first-order valence-corrected chi connectivity index (χ1v) is 10.8. The third-order valence-electron chi connectivity index (χ3n) is 6.44. The van der Waals surface area contributed by atoms with Gasteiger partial charge in [0.15, 0.2) is 0 Å². The number of likely N-dealkylation sites (tertiary alicyclic amines) is 1. The molecule has 0 spiro atoms. The zero-order valence-corrected chi connectivity index (χ0v) is 16.9. The molecule has 2 aromatic carbocycles. The quantitative estimate of drug-likeness (QED) is 0.687. The van der Waals surface area contributed by atoms with E-state index in [1.165, 1.54) is 12.8 Å². The molecule has 5 heteroatoms. The Morgan fingerprint density at radius 1 is 1.03 bits per heavy atom. The van der Waals surface area contributed by atoms with Crippen molar-refractivity contribution in [3.05, 3.63) is 72.0 Å². The monoisotopic (exact) mass is 402 g/mol. The Bertz CT molecular complexity index is 1020. The normalized spacial score (nSPS) is 20.7. The van der Waals surface area contributed by atoms with Crippen LogP contribution in [0.3, 0.4) is 0 Å². The molecule has 5 rings (SSSR count). The number of carbonyl (C=O) groups excluding carboxylic acids is 2. The Labute approximate surface area is 176 Å². The van der Waals surface area contributed by atoms with Gasteiger partial charge < -0.3 is 14.6 Å². The highest BCUT2D eigenvalue weighted by molar-refractivity contribution is 5.90. The Kier molecular flexibility index (Phi) is 5.03. The first-order valence-electron chi connectivity index (χ1n) is 10.8. The van der Waals surface area contributed by atoms with Crippen LogP contribution in [0.2, 0.25) is 0 Å². The van der Waals surface area contributed by atoms with Crippen molar-refractivity contribution in [1.29, 1.82) is 0 Å². The predicted octanol–water partition coefficient (Wildman–Crippen LogP) is 4.43. The molecule has 5 nitrogen and oxygen atoms in total. The summed E-state index contributed by atoms with van der Waals surface area (Å²) in [5.74, 6) is 0.418. The minimum Gasteiger partial charge on any atom is -0.459 e. The molecule has 2 amide bonds. The second kappa shape index (κ2) is 7.98. The van der Waals surface area contributed by atoms with E-state index in [9.17, 15) is 9.59 Å². The number of furan rings is 1. The largest absolute Gasteiger partial charge is 0.459 e. The second-order valence-electron chi connectivity index (χ2n) is 8.42. The topological polar surface area (TPSA) is 62.6 Å². The summed E-state index contributed by atoms with van der Waals surface area (Å²) >= 11 is 0. The minimum atomic E-state index is -0.387. The molecule has 2 atom stereocenters. The molecule has 2 unspecified atom stereocenters. The van der Waals surface area contributed by atoms with E-state index < -0.39 is 0 Å². The smallest absolute Gasteiger partial charge is 0.226 e. The van der Waals surface area contributed by atoms with Gasteiger partial charge in [-0.05, 0) is 30.5 Å². The summed E-state index contributed by atoms with van der Waals surface area (Å²) in [5.41, 5.74) is 1.76. The van der Waals surface area contributed by atoms with Gasteiger partial charge in [0.05, 0.1) is 5.92 Å². The third kappa shape index (κ3) is 3.60. The highest BCUT2D eigenvalue weighted by atomic mass is 16.3. The summed E-state index contributed by atoms with van der Waals surface area (Å²) in [6.07, 6.45) is 4.77. The second-order valence-corrected chi connectivity index (χ2v) is 8.42.